The van der Waals surface area contributed by atoms with Crippen LogP contribution in [0.25, 0.3) is 0 Å². The minimum Gasteiger partial charge on any atom is -0.487 e. The molecule has 4 heteroatoms. The van der Waals surface area contributed by atoms with Crippen molar-refractivity contribution in [3.63, 3.8) is 0 Å². The van der Waals surface area contributed by atoms with Crippen LogP contribution < -0.4 is 4.74 Å². The largest absolute Gasteiger partial charge is 0.487 e. The Morgan fingerprint density at radius 3 is 2.77 bits per heavy atom. The maximum Gasteiger partial charge on any atom is 0.308 e. The van der Waals surface area contributed by atoms with Crippen molar-refractivity contribution in [2.75, 3.05) is 0 Å². The fourth-order valence-electron chi connectivity index (χ4n) is 3.64. The van der Waals surface area contributed by atoms with Crippen LogP contribution in [-0.4, -0.2) is 28.9 Å². The van der Waals surface area contributed by atoms with Crippen LogP contribution in [0.3, 0.4) is 0 Å². The Kier molecular flexibility index (Phi) is 3.68. The molecule has 1 unspecified atom stereocenters. The van der Waals surface area contributed by atoms with Crippen LogP contribution in [0.5, 0.6) is 5.75 Å². The summed E-state index contributed by atoms with van der Waals surface area (Å²) in [4.78, 5) is 11.6. The first-order valence-electron chi connectivity index (χ1n) is 7.96. The lowest BCUT2D eigenvalue weighted by Crippen LogP contribution is -2.36. The fraction of sp³-hybridized carbons (Fsp3) is 0.611. The standard InChI is InChI=1S/C18H24O4/c1-10-5-6-12-9-18(3,4)22-17(12)16(10)11(2)14-7-13(19)8-15(20)21-14/h5-6,11,13-14,19H,7-9H2,1-4H3/t11?,13-,14+/m1/s1. The van der Waals surface area contributed by atoms with Crippen molar-refractivity contribution in [1.82, 2.24) is 0 Å². The van der Waals surface area contributed by atoms with E-state index >= 15 is 0 Å². The molecule has 0 aliphatic carbocycles. The summed E-state index contributed by atoms with van der Waals surface area (Å²) in [7, 11) is 0. The normalized spacial score (nSPS) is 27.8. The number of aliphatic hydroxyl groups excluding tert-OH is 1. The third-order valence-corrected chi connectivity index (χ3v) is 4.69. The summed E-state index contributed by atoms with van der Waals surface area (Å²) in [6, 6.07) is 4.23. The van der Waals surface area contributed by atoms with Crippen molar-refractivity contribution in [1.29, 1.82) is 0 Å². The first-order valence-corrected chi connectivity index (χ1v) is 7.96. The summed E-state index contributed by atoms with van der Waals surface area (Å²) in [5.41, 5.74) is 3.25. The Balaban J connectivity index is 1.95. The smallest absolute Gasteiger partial charge is 0.308 e. The zero-order chi connectivity index (χ0) is 16.1. The van der Waals surface area contributed by atoms with Gasteiger partial charge < -0.3 is 14.6 Å². The number of hydrogen-bond acceptors (Lipinski definition) is 4. The van der Waals surface area contributed by atoms with E-state index in [1.54, 1.807) is 0 Å². The highest BCUT2D eigenvalue weighted by Crippen LogP contribution is 2.44. The van der Waals surface area contributed by atoms with Crippen LogP contribution in [0.15, 0.2) is 12.1 Å². The third kappa shape index (κ3) is 2.72. The maximum absolute atomic E-state index is 11.6. The predicted molar refractivity (Wildman–Crippen MR) is 83.1 cm³/mol. The van der Waals surface area contributed by atoms with Gasteiger partial charge in [-0.2, -0.15) is 0 Å². The summed E-state index contributed by atoms with van der Waals surface area (Å²) < 4.78 is 11.7. The number of aryl methyl sites for hydroxylation is 1. The van der Waals surface area contributed by atoms with Gasteiger partial charge in [-0.05, 0) is 31.9 Å². The molecule has 2 aliphatic rings. The Morgan fingerprint density at radius 1 is 1.36 bits per heavy atom. The Hall–Kier alpha value is -1.55. The van der Waals surface area contributed by atoms with Crippen LogP contribution in [0, 0.1) is 6.92 Å². The molecule has 0 spiro atoms. The lowest BCUT2D eigenvalue weighted by molar-refractivity contribution is -0.161. The molecule has 1 aromatic rings. The van der Waals surface area contributed by atoms with Gasteiger partial charge in [0.15, 0.2) is 0 Å². The molecule has 0 aromatic heterocycles. The van der Waals surface area contributed by atoms with Crippen LogP contribution >= 0.6 is 0 Å². The molecule has 3 atom stereocenters. The zero-order valence-corrected chi connectivity index (χ0v) is 13.7. The molecule has 0 saturated carbocycles. The number of carbonyl (C=O) groups excluding carboxylic acids is 1. The summed E-state index contributed by atoms with van der Waals surface area (Å²) in [5, 5.41) is 9.86. The average Bonchev–Trinajstić information content (AvgIpc) is 2.71. The lowest BCUT2D eigenvalue weighted by atomic mass is 9.85. The number of esters is 1. The van der Waals surface area contributed by atoms with Gasteiger partial charge in [0.2, 0.25) is 0 Å². The number of ether oxygens (including phenoxy) is 2. The van der Waals surface area contributed by atoms with Crippen LogP contribution in [0.1, 0.15) is 56.2 Å². The van der Waals surface area contributed by atoms with Crippen molar-refractivity contribution >= 4 is 5.97 Å². The van der Waals surface area contributed by atoms with E-state index in [-0.39, 0.29) is 30.0 Å². The molecule has 0 radical (unpaired) electrons. The number of hydrogen-bond donors (Lipinski definition) is 1. The molecule has 2 aliphatic heterocycles. The monoisotopic (exact) mass is 304 g/mol. The number of rotatable bonds is 2. The second-order valence-electron chi connectivity index (χ2n) is 7.23. The van der Waals surface area contributed by atoms with E-state index < -0.39 is 6.10 Å². The summed E-state index contributed by atoms with van der Waals surface area (Å²) in [6.45, 7) is 8.28. The Labute approximate surface area is 131 Å². The van der Waals surface area contributed by atoms with Crippen molar-refractivity contribution < 1.29 is 19.4 Å². The summed E-state index contributed by atoms with van der Waals surface area (Å²) in [5.74, 6) is 0.624. The van der Waals surface area contributed by atoms with Gasteiger partial charge in [0, 0.05) is 24.3 Å². The quantitative estimate of drug-likeness (QED) is 0.854. The molecule has 4 nitrogen and oxygen atoms in total. The number of benzene rings is 1. The molecular formula is C18H24O4. The topological polar surface area (TPSA) is 55.8 Å². The molecule has 0 bridgehead atoms. The van der Waals surface area contributed by atoms with E-state index in [9.17, 15) is 9.90 Å². The number of fused-ring (bicyclic) bond motifs is 1. The van der Waals surface area contributed by atoms with Gasteiger partial charge in [0.25, 0.3) is 0 Å². The van der Waals surface area contributed by atoms with Crippen molar-refractivity contribution in [3.05, 3.63) is 28.8 Å². The van der Waals surface area contributed by atoms with Crippen LogP contribution in [-0.2, 0) is 16.0 Å². The molecule has 22 heavy (non-hydrogen) atoms. The van der Waals surface area contributed by atoms with E-state index in [2.05, 4.69) is 32.9 Å². The number of carbonyl (C=O) groups is 1. The third-order valence-electron chi connectivity index (χ3n) is 4.69. The molecule has 0 amide bonds. The molecule has 1 N–H and O–H groups in total. The van der Waals surface area contributed by atoms with Gasteiger partial charge in [-0.1, -0.05) is 19.1 Å². The Bertz CT molecular complexity index is 605. The molecular weight excluding hydrogens is 280 g/mol. The molecule has 2 heterocycles. The van der Waals surface area contributed by atoms with Gasteiger partial charge >= 0.3 is 5.97 Å². The van der Waals surface area contributed by atoms with Gasteiger partial charge in [0.1, 0.15) is 17.5 Å². The molecule has 1 aromatic carbocycles. The van der Waals surface area contributed by atoms with E-state index in [0.29, 0.717) is 6.42 Å². The van der Waals surface area contributed by atoms with E-state index in [1.807, 2.05) is 6.92 Å². The second-order valence-corrected chi connectivity index (χ2v) is 7.23. The predicted octanol–water partition coefficient (Wildman–Crippen LogP) is 2.88. The van der Waals surface area contributed by atoms with Crippen LogP contribution in [0.2, 0.25) is 0 Å². The summed E-state index contributed by atoms with van der Waals surface area (Å²) in [6.07, 6.45) is 0.560. The van der Waals surface area contributed by atoms with Crippen molar-refractivity contribution in [2.45, 2.75) is 70.7 Å². The summed E-state index contributed by atoms with van der Waals surface area (Å²) >= 11 is 0. The van der Waals surface area contributed by atoms with Gasteiger partial charge in [0.05, 0.1) is 12.5 Å². The van der Waals surface area contributed by atoms with Crippen molar-refractivity contribution in [2.24, 2.45) is 0 Å². The van der Waals surface area contributed by atoms with Gasteiger partial charge in [-0.3, -0.25) is 4.79 Å². The highest BCUT2D eigenvalue weighted by atomic mass is 16.5. The first-order chi connectivity index (χ1) is 10.3. The SMILES string of the molecule is Cc1ccc2c(c1C(C)[C@@H]1C[C@@H](O)CC(=O)O1)OC(C)(C)C2. The second kappa shape index (κ2) is 5.27. The zero-order valence-electron chi connectivity index (χ0n) is 13.7. The lowest BCUT2D eigenvalue weighted by Gasteiger charge is -2.32. The Morgan fingerprint density at radius 2 is 2.09 bits per heavy atom. The molecule has 120 valence electrons. The highest BCUT2D eigenvalue weighted by Gasteiger charge is 2.38. The van der Waals surface area contributed by atoms with Crippen molar-refractivity contribution in [3.8, 4) is 5.75 Å². The maximum atomic E-state index is 11.6. The number of cyclic esters (lactones) is 1. The minimum atomic E-state index is -0.608. The highest BCUT2D eigenvalue weighted by molar-refractivity contribution is 5.71. The minimum absolute atomic E-state index is 0.00255. The van der Waals surface area contributed by atoms with E-state index in [1.165, 1.54) is 5.56 Å². The fourth-order valence-corrected chi connectivity index (χ4v) is 3.64. The first kappa shape index (κ1) is 15.3. The molecule has 3 rings (SSSR count). The molecule has 1 saturated heterocycles. The number of aliphatic hydroxyl groups is 1. The van der Waals surface area contributed by atoms with E-state index in [4.69, 9.17) is 9.47 Å². The average molecular weight is 304 g/mol. The van der Waals surface area contributed by atoms with Gasteiger partial charge in [-0.15, -0.1) is 0 Å². The van der Waals surface area contributed by atoms with Gasteiger partial charge in [-0.25, -0.2) is 0 Å². The van der Waals surface area contributed by atoms with Crippen LogP contribution in [0.4, 0.5) is 0 Å². The molecule has 1 fully saturated rings. The van der Waals surface area contributed by atoms with E-state index in [0.717, 1.165) is 23.3 Å².